The van der Waals surface area contributed by atoms with Gasteiger partial charge in [-0.15, -0.1) is 4.83 Å². The molecule has 0 saturated heterocycles. The number of amides is 3. The van der Waals surface area contributed by atoms with Gasteiger partial charge in [-0.2, -0.15) is 0 Å². The van der Waals surface area contributed by atoms with Crippen molar-refractivity contribution in [2.75, 3.05) is 5.75 Å². The molecule has 1 aromatic heterocycles. The van der Waals surface area contributed by atoms with Crippen molar-refractivity contribution in [1.82, 2.24) is 25.1 Å². The Labute approximate surface area is 177 Å². The second kappa shape index (κ2) is 8.58. The molecule has 5 N–H and O–H groups in total. The van der Waals surface area contributed by atoms with Crippen LogP contribution in [0.4, 0.5) is 9.18 Å². The highest BCUT2D eigenvalue weighted by molar-refractivity contribution is 7.89. The van der Waals surface area contributed by atoms with Crippen LogP contribution < -0.4 is 21.3 Å². The number of aryl methyl sites for hydroxylation is 1. The fraction of sp³-hybridized carbons (Fsp3) is 0.353. The number of rotatable bonds is 7. The zero-order chi connectivity index (χ0) is 22.1. The van der Waals surface area contributed by atoms with Crippen LogP contribution in [-0.4, -0.2) is 41.7 Å². The molecule has 1 saturated carbocycles. The molecule has 0 atom stereocenters. The third-order valence-electron chi connectivity index (χ3n) is 4.63. The lowest BCUT2D eigenvalue weighted by Crippen LogP contribution is -2.50. The van der Waals surface area contributed by atoms with Crippen LogP contribution in [0.1, 0.15) is 23.2 Å². The lowest BCUT2D eigenvalue weighted by Gasteiger charge is -2.34. The SMILES string of the molecule is Cn1cnc(-c2cc(Cl)c(F)c(C(=O)NNS(=O)(=O)CC3CC(NC(N)=O)C3)c2)c1. The average Bonchev–Trinajstić information content (AvgIpc) is 3.06. The van der Waals surface area contributed by atoms with E-state index in [1.165, 1.54) is 18.5 Å². The quantitative estimate of drug-likeness (QED) is 0.455. The zero-order valence-corrected chi connectivity index (χ0v) is 17.4. The van der Waals surface area contributed by atoms with Crippen molar-refractivity contribution in [2.24, 2.45) is 18.7 Å². The van der Waals surface area contributed by atoms with Crippen molar-refractivity contribution in [3.05, 3.63) is 41.1 Å². The lowest BCUT2D eigenvalue weighted by atomic mass is 9.82. The smallest absolute Gasteiger partial charge is 0.312 e. The number of carbonyl (C=O) groups excluding carboxylic acids is 2. The normalized spacial score (nSPS) is 18.5. The molecule has 3 rings (SSSR count). The summed E-state index contributed by atoms with van der Waals surface area (Å²) in [6.45, 7) is 0. The number of primary amides is 1. The van der Waals surface area contributed by atoms with E-state index in [1.807, 2.05) is 10.3 Å². The van der Waals surface area contributed by atoms with Gasteiger partial charge in [-0.1, -0.05) is 11.6 Å². The molecular weight excluding hydrogens is 439 g/mol. The first-order valence-corrected chi connectivity index (χ1v) is 10.9. The Bertz CT molecular complexity index is 1080. The Balaban J connectivity index is 1.63. The van der Waals surface area contributed by atoms with E-state index in [2.05, 4.69) is 10.3 Å². The number of nitrogens with one attached hydrogen (secondary N) is 3. The summed E-state index contributed by atoms with van der Waals surface area (Å²) in [4.78, 5) is 29.2. The molecule has 1 heterocycles. The third-order valence-corrected chi connectivity index (χ3v) is 6.23. The fourth-order valence-corrected chi connectivity index (χ4v) is 4.64. The minimum absolute atomic E-state index is 0.164. The van der Waals surface area contributed by atoms with Crippen LogP contribution in [0.5, 0.6) is 0 Å². The van der Waals surface area contributed by atoms with Gasteiger partial charge in [0.1, 0.15) is 0 Å². The number of halogens is 2. The maximum atomic E-state index is 14.4. The summed E-state index contributed by atoms with van der Waals surface area (Å²) in [7, 11) is -2.13. The van der Waals surface area contributed by atoms with Crippen molar-refractivity contribution >= 4 is 33.6 Å². The lowest BCUT2D eigenvalue weighted by molar-refractivity contribution is 0.0940. The highest BCUT2D eigenvalue weighted by atomic mass is 35.5. The van der Waals surface area contributed by atoms with Gasteiger partial charge in [0.05, 0.1) is 28.4 Å². The van der Waals surface area contributed by atoms with Gasteiger partial charge in [-0.25, -0.2) is 22.6 Å². The summed E-state index contributed by atoms with van der Waals surface area (Å²) in [5, 5.41) is 2.19. The first-order chi connectivity index (χ1) is 14.0. The number of nitrogens with two attached hydrogens (primary N) is 1. The molecule has 10 nitrogen and oxygen atoms in total. The van der Waals surface area contributed by atoms with Gasteiger partial charge in [0, 0.05) is 24.8 Å². The molecule has 1 aromatic carbocycles. The minimum Gasteiger partial charge on any atom is -0.352 e. The van der Waals surface area contributed by atoms with Crippen molar-refractivity contribution in [3.8, 4) is 11.3 Å². The Morgan fingerprint density at radius 2 is 2.07 bits per heavy atom. The summed E-state index contributed by atoms with van der Waals surface area (Å²) in [6, 6.07) is 1.73. The number of hydrogen-bond acceptors (Lipinski definition) is 5. The topological polar surface area (TPSA) is 148 Å². The third kappa shape index (κ3) is 5.26. The van der Waals surface area contributed by atoms with Gasteiger partial charge in [0.25, 0.3) is 5.91 Å². The van der Waals surface area contributed by atoms with Crippen LogP contribution in [0.2, 0.25) is 5.02 Å². The van der Waals surface area contributed by atoms with Crippen LogP contribution in [-0.2, 0) is 17.1 Å². The number of sulfonamides is 1. The second-order valence-electron chi connectivity index (χ2n) is 7.12. The maximum absolute atomic E-state index is 14.4. The molecule has 1 aliphatic rings. The summed E-state index contributed by atoms with van der Waals surface area (Å²) >= 11 is 5.89. The number of hydrogen-bond donors (Lipinski definition) is 4. The predicted molar refractivity (Wildman–Crippen MR) is 107 cm³/mol. The monoisotopic (exact) mass is 458 g/mol. The van der Waals surface area contributed by atoms with E-state index in [0.717, 1.165) is 0 Å². The molecule has 1 fully saturated rings. The van der Waals surface area contributed by atoms with Gasteiger partial charge in [-0.3, -0.25) is 10.2 Å². The van der Waals surface area contributed by atoms with Crippen molar-refractivity contribution in [1.29, 1.82) is 0 Å². The number of hydrazine groups is 1. The number of benzene rings is 1. The molecule has 0 radical (unpaired) electrons. The van der Waals surface area contributed by atoms with Crippen LogP contribution >= 0.6 is 11.6 Å². The highest BCUT2D eigenvalue weighted by Gasteiger charge is 2.33. The van der Waals surface area contributed by atoms with E-state index in [1.54, 1.807) is 17.8 Å². The van der Waals surface area contributed by atoms with Crippen LogP contribution in [0.15, 0.2) is 24.7 Å². The highest BCUT2D eigenvalue weighted by Crippen LogP contribution is 2.29. The Morgan fingerprint density at radius 3 is 2.67 bits per heavy atom. The maximum Gasteiger partial charge on any atom is 0.312 e. The molecular formula is C17H20ClFN6O4S. The van der Waals surface area contributed by atoms with Gasteiger partial charge in [-0.05, 0) is 30.9 Å². The van der Waals surface area contributed by atoms with Crippen molar-refractivity contribution < 1.29 is 22.4 Å². The second-order valence-corrected chi connectivity index (χ2v) is 9.30. The first kappa shape index (κ1) is 22.0. The molecule has 0 unspecified atom stereocenters. The standard InChI is InChI=1S/C17H20ClFN6O4S/c1-25-6-14(21-8-25)10-4-12(15(19)13(18)5-10)16(26)23-24-30(28,29)7-9-2-11(3-9)22-17(20)27/h4-6,8-9,11,24H,2-3,7H2,1H3,(H,23,26)(H3,20,22,27). The number of imidazole rings is 1. The molecule has 30 heavy (non-hydrogen) atoms. The average molecular weight is 459 g/mol. The van der Waals surface area contributed by atoms with Gasteiger partial charge in [0.2, 0.25) is 10.0 Å². The van der Waals surface area contributed by atoms with Crippen LogP contribution in [0.25, 0.3) is 11.3 Å². The molecule has 13 heteroatoms. The number of nitrogens with zero attached hydrogens (tertiary/aromatic N) is 2. The largest absolute Gasteiger partial charge is 0.352 e. The summed E-state index contributed by atoms with van der Waals surface area (Å²) in [6.07, 6.45) is 4.10. The molecule has 0 aliphatic heterocycles. The van der Waals surface area contributed by atoms with Gasteiger partial charge < -0.3 is 15.6 Å². The number of urea groups is 1. The van der Waals surface area contributed by atoms with E-state index in [0.29, 0.717) is 24.1 Å². The first-order valence-electron chi connectivity index (χ1n) is 8.87. The van der Waals surface area contributed by atoms with Crippen LogP contribution in [0, 0.1) is 11.7 Å². The summed E-state index contributed by atoms with van der Waals surface area (Å²) in [5.74, 6) is -2.44. The zero-order valence-electron chi connectivity index (χ0n) is 15.9. The van der Waals surface area contributed by atoms with Gasteiger partial charge in [0.15, 0.2) is 5.82 Å². The van der Waals surface area contributed by atoms with E-state index in [9.17, 15) is 22.4 Å². The fourth-order valence-electron chi connectivity index (χ4n) is 3.20. The number of carbonyl (C=O) groups is 2. The summed E-state index contributed by atoms with van der Waals surface area (Å²) in [5.41, 5.74) is 7.45. The number of aromatic nitrogens is 2. The van der Waals surface area contributed by atoms with E-state index in [-0.39, 0.29) is 22.7 Å². The Morgan fingerprint density at radius 1 is 1.37 bits per heavy atom. The Kier molecular flexibility index (Phi) is 6.29. The Hall–Kier alpha value is -2.70. The minimum atomic E-state index is -3.88. The van der Waals surface area contributed by atoms with Crippen molar-refractivity contribution in [3.63, 3.8) is 0 Å². The van der Waals surface area contributed by atoms with E-state index in [4.69, 9.17) is 17.3 Å². The van der Waals surface area contributed by atoms with Crippen molar-refractivity contribution in [2.45, 2.75) is 18.9 Å². The summed E-state index contributed by atoms with van der Waals surface area (Å²) < 4.78 is 40.4. The predicted octanol–water partition coefficient (Wildman–Crippen LogP) is 0.891. The molecule has 0 bridgehead atoms. The van der Waals surface area contributed by atoms with E-state index < -0.39 is 33.3 Å². The molecule has 162 valence electrons. The molecule has 3 amide bonds. The molecule has 0 spiro atoms. The molecule has 2 aromatic rings. The molecule has 1 aliphatic carbocycles. The van der Waals surface area contributed by atoms with Crippen LogP contribution in [0.3, 0.4) is 0 Å². The van der Waals surface area contributed by atoms with Gasteiger partial charge >= 0.3 is 6.03 Å². The van der Waals surface area contributed by atoms with E-state index >= 15 is 0 Å².